The number of hydrogen-bond acceptors (Lipinski definition) is 28. The summed E-state index contributed by atoms with van der Waals surface area (Å²) in [6.07, 6.45) is -0.290. The van der Waals surface area contributed by atoms with Gasteiger partial charge in [0.1, 0.15) is 68.5 Å². The van der Waals surface area contributed by atoms with Crippen LogP contribution in [-0.2, 0) is 47.6 Å². The van der Waals surface area contributed by atoms with Crippen LogP contribution in [0.3, 0.4) is 0 Å². The molecule has 0 aliphatic rings. The Bertz CT molecular complexity index is 5000. The number of carbonyl (C=O) groups excluding carboxylic acids is 7. The number of amidine groups is 1. The summed E-state index contributed by atoms with van der Waals surface area (Å²) < 4.78 is 18.5. The number of ether oxygens (including phenoxy) is 2. The van der Waals surface area contributed by atoms with E-state index in [2.05, 4.69) is 125 Å². The predicted octanol–water partition coefficient (Wildman–Crippen LogP) is 15.1. The number of rotatable bonds is 23. The maximum absolute atomic E-state index is 11.5. The highest BCUT2D eigenvalue weighted by Gasteiger charge is 2.13. The van der Waals surface area contributed by atoms with E-state index in [0.29, 0.717) is 113 Å². The van der Waals surface area contributed by atoms with Gasteiger partial charge < -0.3 is 80.6 Å². The number of hydrogen-bond donors (Lipinski definition) is 14. The first-order valence-corrected chi connectivity index (χ1v) is 43.1. The Hall–Kier alpha value is -11.5. The van der Waals surface area contributed by atoms with Crippen LogP contribution in [0.5, 0.6) is 5.88 Å². The number of anilines is 5. The molecule has 34 nitrogen and oxygen atoms in total. The summed E-state index contributed by atoms with van der Waals surface area (Å²) in [7, 11) is 0. The average molecular weight is 1940 g/mol. The van der Waals surface area contributed by atoms with E-state index in [4.69, 9.17) is 103 Å². The summed E-state index contributed by atoms with van der Waals surface area (Å²) in [6, 6.07) is 63.9. The topological polar surface area (TPSA) is 559 Å². The van der Waals surface area contributed by atoms with Gasteiger partial charge in [0, 0.05) is 118 Å². The van der Waals surface area contributed by atoms with E-state index in [1.165, 1.54) is 32.9 Å². The molecule has 6 aromatic carbocycles. The van der Waals surface area contributed by atoms with Crippen molar-refractivity contribution in [3.05, 3.63) is 244 Å². The molecule has 4 amide bonds. The van der Waals surface area contributed by atoms with Gasteiger partial charge in [-0.3, -0.25) is 48.3 Å². The second kappa shape index (κ2) is 66.1. The molecular formula is C80H93Cl10N22O12P. The molecule has 670 valence electrons. The van der Waals surface area contributed by atoms with Gasteiger partial charge in [0.2, 0.25) is 34.8 Å². The molecule has 0 atom stereocenters. The highest BCUT2D eigenvalue weighted by molar-refractivity contribution is 8.24. The monoisotopic (exact) mass is 1930 g/mol. The van der Waals surface area contributed by atoms with Gasteiger partial charge in [-0.15, -0.1) is 35.6 Å². The number of alkyl halides is 2. The highest BCUT2D eigenvalue weighted by Crippen LogP contribution is 2.61. The minimum Gasteiger partial charge on any atom is -0.493 e. The van der Waals surface area contributed by atoms with Gasteiger partial charge in [-0.1, -0.05) is 217 Å². The van der Waals surface area contributed by atoms with Crippen molar-refractivity contribution in [3.63, 3.8) is 0 Å². The van der Waals surface area contributed by atoms with Crippen molar-refractivity contribution in [1.82, 2.24) is 71.9 Å². The second-order valence-corrected chi connectivity index (χ2v) is 32.0. The molecule has 0 saturated carbocycles. The van der Waals surface area contributed by atoms with E-state index in [-0.39, 0.29) is 90.9 Å². The number of halogens is 10. The van der Waals surface area contributed by atoms with Crippen molar-refractivity contribution in [2.75, 3.05) is 91.7 Å². The molecule has 0 bridgehead atoms. The molecule has 0 aliphatic carbocycles. The Morgan fingerprint density at radius 2 is 0.808 bits per heavy atom. The van der Waals surface area contributed by atoms with Gasteiger partial charge >= 0.3 is 17.1 Å². The van der Waals surface area contributed by atoms with Crippen LogP contribution >= 0.6 is 121 Å². The van der Waals surface area contributed by atoms with Crippen LogP contribution in [0.4, 0.5) is 29.1 Å². The minimum absolute atomic E-state index is 0. The molecule has 0 aliphatic heterocycles. The molecule has 0 radical (unpaired) electrons. The van der Waals surface area contributed by atoms with Gasteiger partial charge in [0.25, 0.3) is 5.56 Å². The van der Waals surface area contributed by atoms with Crippen LogP contribution < -0.4 is 66.5 Å². The van der Waals surface area contributed by atoms with Crippen LogP contribution in [0.2, 0.25) is 15.5 Å². The van der Waals surface area contributed by atoms with E-state index in [1.54, 1.807) is 38.1 Å². The molecule has 5 heterocycles. The SMILES string of the molecule is CC(=O)NCCN.CC(=O)NCCNc1cc(N)nc(-c2ccccc2)n1.CC(=O)NCCNc1cc(NC(=O)CCl)nc(-c2ccccc2)n1.CCOC(=O)CC(=O)OCC.Cl.Clc1cc(Cl)nc(-c2ccccc2)n1.N.N=C(N)c1ccccc1.Nc1cc(Cl)nc(-c2ccccc2)n1.O=C(Cl)CCl.O=P(Cl)(Cl)Cl.O=c1cc(O)nc(-c2ccccc2)[nH]1. The lowest BCUT2D eigenvalue weighted by molar-refractivity contribution is -0.154. The van der Waals surface area contributed by atoms with E-state index >= 15 is 0 Å². The fraction of sp³-hybridized carbons (Fsp3) is 0.200. The minimum atomic E-state index is -3.22. The first kappa shape index (κ1) is 114. The molecule has 125 heavy (non-hydrogen) atoms. The largest absolute Gasteiger partial charge is 0.493 e. The molecule has 0 fully saturated rings. The standard InChI is InChI=1S/C16H18ClN5O2.C14H17N5O.C10H6Cl2N2.C10H8ClN3.C10H8N2O2.C7H8N2.C7H12O4.C4H10N2O.C2H2Cl2O.Cl3OP.ClH.H3N/c1-11(23)18-7-8-19-13-9-14(20-15(24)10-17)22-16(21-13)12-5-3-2-4-6-12;1-10(20)16-7-8-17-13-9-12(15)18-14(19-13)11-5-3-2-4-6-11;2*11-8-6-9(12)14-10(13-8)7-4-2-1-3-5-7;13-8-6-9(14)12-10(11-8)7-4-2-1-3-5-7;8-7(9)6-4-2-1-3-5-6;1-3-10-6(8)5-7(9)11-4-2;1-4(7)6-3-2-5;3-1-2(4)5;1-5(2,3)4;;/h2-6,9H,7-8,10H2,1H3,(H,18,23)(H2,19,20,21,22,24);2-6,9H,7-8H2,1H3,(H,16,20)(H3,15,17,18,19);1-6H;1-6H,(H2,12,13,14);1-6H,(H2,11,12,13,14);1-5H,(H3,8,9);3-5H2,1-2H3;2-3,5H2,1H3,(H,6,7);1H2;;1H;1H3. The number of aromatic hydroxyl groups is 1. The van der Waals surface area contributed by atoms with Crippen LogP contribution in [0.25, 0.3) is 56.9 Å². The lowest BCUT2D eigenvalue weighted by Crippen LogP contribution is -2.26. The summed E-state index contributed by atoms with van der Waals surface area (Å²) in [4.78, 5) is 125. The molecule has 20 N–H and O–H groups in total. The van der Waals surface area contributed by atoms with E-state index in [9.17, 15) is 42.9 Å². The Labute approximate surface area is 771 Å². The first-order valence-electron chi connectivity index (χ1n) is 36.1. The maximum Gasteiger partial charge on any atom is 0.339 e. The number of nitrogens with zero attached hydrogens (tertiary/aromatic N) is 9. The number of amides is 4. The van der Waals surface area contributed by atoms with Crippen molar-refractivity contribution in [2.45, 2.75) is 41.0 Å². The number of H-pyrrole nitrogens is 1. The fourth-order valence-electron chi connectivity index (χ4n) is 8.47. The van der Waals surface area contributed by atoms with Gasteiger partial charge in [-0.25, -0.2) is 39.9 Å². The number of nitrogens with one attached hydrogen (secondary N) is 8. The number of carbonyl (C=O) groups is 7. The van der Waals surface area contributed by atoms with Crippen LogP contribution in [0, 0.1) is 5.41 Å². The number of nitrogens with two attached hydrogens (primary N) is 4. The van der Waals surface area contributed by atoms with Gasteiger partial charge in [-0.2, -0.15) is 4.98 Å². The quantitative estimate of drug-likeness (QED) is 0.00325. The predicted molar refractivity (Wildman–Crippen MR) is 501 cm³/mol. The second-order valence-electron chi connectivity index (χ2n) is 23.2. The van der Waals surface area contributed by atoms with Crippen molar-refractivity contribution in [1.29, 1.82) is 5.41 Å². The van der Waals surface area contributed by atoms with Crippen LogP contribution in [-0.4, -0.2) is 166 Å². The summed E-state index contributed by atoms with van der Waals surface area (Å²) in [5.74, 6) is 2.84. The summed E-state index contributed by atoms with van der Waals surface area (Å²) in [6.45, 7) is 11.5. The number of benzene rings is 6. The highest BCUT2D eigenvalue weighted by atomic mass is 36.0. The fourth-order valence-corrected chi connectivity index (χ4v) is 9.15. The number of aromatic amines is 1. The van der Waals surface area contributed by atoms with Crippen LogP contribution in [0.15, 0.2) is 217 Å². The molecule has 0 saturated heterocycles. The molecule has 45 heteroatoms. The molecule has 11 rings (SSSR count). The lowest BCUT2D eigenvalue weighted by atomic mass is 10.2. The van der Waals surface area contributed by atoms with Gasteiger partial charge in [-0.05, 0) is 59.2 Å². The van der Waals surface area contributed by atoms with Crippen LogP contribution in [0.1, 0.15) is 46.6 Å². The molecule has 11 aromatic rings. The first-order chi connectivity index (χ1) is 58.5. The third-order valence-corrected chi connectivity index (χ3v) is 14.7. The Morgan fingerprint density at radius 1 is 0.480 bits per heavy atom. The number of nitrogen functional groups attached to an aromatic ring is 3. The van der Waals surface area contributed by atoms with E-state index in [0.717, 1.165) is 39.4 Å². The summed E-state index contributed by atoms with van der Waals surface area (Å²) in [5, 5.41) is 30.2. The smallest absolute Gasteiger partial charge is 0.339 e. The molecule has 5 aromatic heterocycles. The van der Waals surface area contributed by atoms with E-state index < -0.39 is 22.4 Å². The summed E-state index contributed by atoms with van der Waals surface area (Å²) >= 11 is 46.2. The third-order valence-electron chi connectivity index (χ3n) is 13.4. The normalized spacial score (nSPS) is 9.59. The van der Waals surface area contributed by atoms with E-state index in [1.807, 2.05) is 170 Å². The zero-order valence-electron chi connectivity index (χ0n) is 67.7. The van der Waals surface area contributed by atoms with Gasteiger partial charge in [0.15, 0.2) is 23.3 Å². The molecular weight excluding hydrogens is 1850 g/mol. The summed E-state index contributed by atoms with van der Waals surface area (Å²) in [5.41, 5.74) is 26.3. The maximum atomic E-state index is 11.5. The third kappa shape index (κ3) is 56.1. The Morgan fingerprint density at radius 3 is 1.14 bits per heavy atom. The average Bonchev–Trinajstić information content (AvgIpc) is 0.842. The zero-order valence-corrected chi connectivity index (χ0v) is 76.2. The molecule has 0 spiro atoms. The molecule has 0 unspecified atom stereocenters. The van der Waals surface area contributed by atoms with Crippen molar-refractivity contribution in [2.24, 2.45) is 11.5 Å². The van der Waals surface area contributed by atoms with Crippen molar-refractivity contribution < 1.29 is 52.7 Å². The Balaban J connectivity index is 0.00000141. The number of esters is 2. The van der Waals surface area contributed by atoms with Gasteiger partial charge in [0.05, 0.1) is 25.2 Å². The lowest BCUT2D eigenvalue weighted by Gasteiger charge is -2.11. The van der Waals surface area contributed by atoms with Crippen molar-refractivity contribution >= 4 is 197 Å². The number of aromatic nitrogens is 10. The zero-order chi connectivity index (χ0) is 91.5. The Kier molecular flexibility index (Phi) is 60.0. The van der Waals surface area contributed by atoms with Crippen molar-refractivity contribution in [3.8, 4) is 62.8 Å².